The second-order valence-corrected chi connectivity index (χ2v) is 12.1. The van der Waals surface area contributed by atoms with Gasteiger partial charge in [0.05, 0.1) is 12.5 Å². The summed E-state index contributed by atoms with van der Waals surface area (Å²) in [5.41, 5.74) is 5.54. The summed E-state index contributed by atoms with van der Waals surface area (Å²) < 4.78 is 5.03. The summed E-state index contributed by atoms with van der Waals surface area (Å²) in [6, 6.07) is 0. The van der Waals surface area contributed by atoms with E-state index in [4.69, 9.17) is 4.74 Å². The van der Waals surface area contributed by atoms with Crippen LogP contribution in [0.25, 0.3) is 0 Å². The average molecular weight is 297 g/mol. The molecule has 0 N–H and O–H groups in total. The molecule has 0 bridgehead atoms. The zero-order valence-corrected chi connectivity index (χ0v) is 15.5. The minimum atomic E-state index is -1.66. The summed E-state index contributed by atoms with van der Waals surface area (Å²) in [5, 5.41) is 0. The van der Waals surface area contributed by atoms with E-state index in [1.165, 1.54) is 0 Å². The Morgan fingerprint density at radius 2 is 1.45 bits per heavy atom. The fraction of sp³-hybridized carbons (Fsp3) is 0.824. The Kier molecular flexibility index (Phi) is 8.19. The van der Waals surface area contributed by atoms with E-state index in [2.05, 4.69) is 53.0 Å². The Labute approximate surface area is 126 Å². The zero-order valence-electron chi connectivity index (χ0n) is 14.5. The van der Waals surface area contributed by atoms with Gasteiger partial charge in [-0.25, -0.2) is 0 Å². The molecular weight excluding hydrogens is 264 g/mol. The van der Waals surface area contributed by atoms with Gasteiger partial charge in [-0.05, 0) is 23.5 Å². The Balaban J connectivity index is 5.04. The van der Waals surface area contributed by atoms with Crippen molar-refractivity contribution in [1.82, 2.24) is 0 Å². The smallest absolute Gasteiger partial charge is 0.309 e. The Morgan fingerprint density at radius 3 is 1.80 bits per heavy atom. The van der Waals surface area contributed by atoms with Gasteiger partial charge in [0.2, 0.25) is 0 Å². The number of hydrogen-bond donors (Lipinski definition) is 0. The first-order chi connectivity index (χ1) is 9.20. The Hall–Kier alpha value is -0.753. The van der Waals surface area contributed by atoms with Gasteiger partial charge in [-0.15, -0.1) is 11.5 Å². The highest BCUT2D eigenvalue weighted by atomic mass is 28.3. The maximum atomic E-state index is 11.6. The predicted molar refractivity (Wildman–Crippen MR) is 89.2 cm³/mol. The molecular formula is C17H32O2Si. The van der Waals surface area contributed by atoms with E-state index < -0.39 is 8.07 Å². The molecule has 0 saturated heterocycles. The van der Waals surface area contributed by atoms with Crippen molar-refractivity contribution in [2.24, 2.45) is 5.92 Å². The van der Waals surface area contributed by atoms with E-state index in [1.54, 1.807) is 0 Å². The molecule has 3 heteroatoms. The molecule has 1 atom stereocenters. The van der Waals surface area contributed by atoms with E-state index in [9.17, 15) is 4.79 Å². The topological polar surface area (TPSA) is 26.3 Å². The largest absolute Gasteiger partial charge is 0.466 e. The first-order valence-corrected chi connectivity index (χ1v) is 10.1. The van der Waals surface area contributed by atoms with Crippen LogP contribution in [0.15, 0.2) is 0 Å². The standard InChI is InChI=1S/C17H32O2Si/c1-9-19-17(18)16(8)11-10-12-20(13(2)3,14(4)5)15(6)7/h13-16H,9,11H2,1-8H3. The lowest BCUT2D eigenvalue weighted by Crippen LogP contribution is -2.43. The van der Waals surface area contributed by atoms with Crippen LogP contribution < -0.4 is 0 Å². The quantitative estimate of drug-likeness (QED) is 0.400. The molecule has 0 rings (SSSR count). The van der Waals surface area contributed by atoms with Gasteiger partial charge >= 0.3 is 5.97 Å². The van der Waals surface area contributed by atoms with E-state index in [1.807, 2.05) is 13.8 Å². The van der Waals surface area contributed by atoms with Crippen molar-refractivity contribution in [1.29, 1.82) is 0 Å². The van der Waals surface area contributed by atoms with Crippen molar-refractivity contribution in [3.8, 4) is 11.5 Å². The monoisotopic (exact) mass is 296 g/mol. The molecule has 116 valence electrons. The maximum Gasteiger partial charge on any atom is 0.309 e. The molecule has 0 aromatic carbocycles. The summed E-state index contributed by atoms with van der Waals surface area (Å²) in [6.07, 6.45) is 0.611. The number of esters is 1. The second-order valence-electron chi connectivity index (χ2n) is 6.56. The van der Waals surface area contributed by atoms with Gasteiger partial charge in [-0.3, -0.25) is 4.79 Å². The van der Waals surface area contributed by atoms with Gasteiger partial charge in [0.25, 0.3) is 0 Å². The van der Waals surface area contributed by atoms with E-state index in [0.717, 1.165) is 0 Å². The van der Waals surface area contributed by atoms with Crippen molar-refractivity contribution >= 4 is 14.0 Å². The average Bonchev–Trinajstić information content (AvgIpc) is 2.33. The molecule has 0 aliphatic heterocycles. The molecule has 0 aromatic heterocycles. The Morgan fingerprint density at radius 1 is 1.00 bits per heavy atom. The molecule has 0 radical (unpaired) electrons. The van der Waals surface area contributed by atoms with Crippen LogP contribution in [0, 0.1) is 17.4 Å². The van der Waals surface area contributed by atoms with Gasteiger partial charge in [-0.1, -0.05) is 48.5 Å². The number of carbonyl (C=O) groups excluding carboxylic acids is 1. The number of carbonyl (C=O) groups is 1. The molecule has 0 fully saturated rings. The second kappa shape index (κ2) is 8.52. The third kappa shape index (κ3) is 4.66. The summed E-state index contributed by atoms with van der Waals surface area (Å²) in [4.78, 5) is 11.6. The number of rotatable bonds is 6. The fourth-order valence-corrected chi connectivity index (χ4v) is 8.43. The van der Waals surface area contributed by atoms with Crippen LogP contribution in [-0.4, -0.2) is 20.7 Å². The van der Waals surface area contributed by atoms with Crippen LogP contribution in [0.1, 0.15) is 61.8 Å². The minimum Gasteiger partial charge on any atom is -0.466 e. The van der Waals surface area contributed by atoms with Gasteiger partial charge in [-0.2, -0.15) is 0 Å². The molecule has 0 aromatic rings. The zero-order chi connectivity index (χ0) is 15.9. The van der Waals surface area contributed by atoms with E-state index in [0.29, 0.717) is 29.7 Å². The fourth-order valence-electron chi connectivity index (χ4n) is 3.16. The van der Waals surface area contributed by atoms with E-state index in [-0.39, 0.29) is 11.9 Å². The predicted octanol–water partition coefficient (Wildman–Crippen LogP) is 4.80. The van der Waals surface area contributed by atoms with Gasteiger partial charge in [0, 0.05) is 6.42 Å². The molecule has 0 spiro atoms. The number of hydrogen-bond acceptors (Lipinski definition) is 2. The lowest BCUT2D eigenvalue weighted by Gasteiger charge is -2.38. The molecule has 0 heterocycles. The SMILES string of the molecule is CCOC(=O)C(C)CC#C[Si](C(C)C)(C(C)C)C(C)C. The lowest BCUT2D eigenvalue weighted by molar-refractivity contribution is -0.147. The summed E-state index contributed by atoms with van der Waals surface area (Å²) in [7, 11) is -1.66. The van der Waals surface area contributed by atoms with Crippen LogP contribution in [0.2, 0.25) is 16.6 Å². The normalized spacial score (nSPS) is 13.3. The van der Waals surface area contributed by atoms with Crippen molar-refractivity contribution in [2.45, 2.75) is 78.4 Å². The summed E-state index contributed by atoms with van der Waals surface area (Å²) in [6.45, 7) is 18.0. The van der Waals surface area contributed by atoms with Crippen LogP contribution in [0.4, 0.5) is 0 Å². The van der Waals surface area contributed by atoms with Crippen LogP contribution in [0.5, 0.6) is 0 Å². The van der Waals surface area contributed by atoms with Crippen LogP contribution in [-0.2, 0) is 9.53 Å². The molecule has 0 amide bonds. The third-order valence-corrected chi connectivity index (χ3v) is 10.6. The first-order valence-electron chi connectivity index (χ1n) is 7.86. The summed E-state index contributed by atoms with van der Waals surface area (Å²) in [5.74, 6) is 3.06. The van der Waals surface area contributed by atoms with Gasteiger partial charge in [0.15, 0.2) is 0 Å². The molecule has 0 saturated carbocycles. The van der Waals surface area contributed by atoms with Crippen molar-refractivity contribution in [3.05, 3.63) is 0 Å². The van der Waals surface area contributed by atoms with Gasteiger partial charge < -0.3 is 4.74 Å². The van der Waals surface area contributed by atoms with Crippen molar-refractivity contribution < 1.29 is 9.53 Å². The summed E-state index contributed by atoms with van der Waals surface area (Å²) >= 11 is 0. The minimum absolute atomic E-state index is 0.124. The number of ether oxygens (including phenoxy) is 1. The molecule has 0 aliphatic rings. The molecule has 2 nitrogen and oxygen atoms in total. The van der Waals surface area contributed by atoms with Crippen LogP contribution in [0.3, 0.4) is 0 Å². The van der Waals surface area contributed by atoms with Crippen LogP contribution >= 0.6 is 0 Å². The molecule has 0 aliphatic carbocycles. The van der Waals surface area contributed by atoms with E-state index >= 15 is 0 Å². The third-order valence-electron chi connectivity index (χ3n) is 4.27. The van der Waals surface area contributed by atoms with Crippen molar-refractivity contribution in [3.63, 3.8) is 0 Å². The molecule has 20 heavy (non-hydrogen) atoms. The molecule has 1 unspecified atom stereocenters. The van der Waals surface area contributed by atoms with Gasteiger partial charge in [0.1, 0.15) is 8.07 Å². The lowest BCUT2D eigenvalue weighted by atomic mass is 10.1. The maximum absolute atomic E-state index is 11.6. The highest BCUT2D eigenvalue weighted by Crippen LogP contribution is 2.40. The Bertz CT molecular complexity index is 339. The first kappa shape index (κ1) is 19.2. The van der Waals surface area contributed by atoms with Crippen molar-refractivity contribution in [2.75, 3.05) is 6.61 Å². The highest BCUT2D eigenvalue weighted by Gasteiger charge is 2.41. The highest BCUT2D eigenvalue weighted by molar-refractivity contribution is 6.90.